The Morgan fingerprint density at radius 1 is 1.59 bits per heavy atom. The topological polar surface area (TPSA) is 64.3 Å². The van der Waals surface area contributed by atoms with Crippen LogP contribution < -0.4 is 11.1 Å². The van der Waals surface area contributed by atoms with Crippen molar-refractivity contribution in [1.82, 2.24) is 0 Å². The van der Waals surface area contributed by atoms with Gasteiger partial charge in [0.1, 0.15) is 16.8 Å². The molecule has 0 saturated carbocycles. The Bertz CT molecular complexity index is 451. The Kier molecular flexibility index (Phi) is 4.39. The first kappa shape index (κ1) is 13.4. The molecule has 0 aliphatic heterocycles. The van der Waals surface area contributed by atoms with Crippen LogP contribution in [0.2, 0.25) is 0 Å². The number of ether oxygens (including phenoxy) is 1. The van der Waals surface area contributed by atoms with Gasteiger partial charge in [0, 0.05) is 11.3 Å². The van der Waals surface area contributed by atoms with E-state index in [2.05, 4.69) is 10.1 Å². The second kappa shape index (κ2) is 5.58. The monoisotopic (exact) mass is 256 g/mol. The molecule has 1 aromatic rings. The molecule has 1 unspecified atom stereocenters. The molecule has 0 radical (unpaired) electrons. The molecule has 3 N–H and O–H groups in total. The smallest absolute Gasteiger partial charge is 0.327 e. The van der Waals surface area contributed by atoms with E-state index in [1.54, 1.807) is 6.92 Å². The number of rotatable bonds is 4. The molecule has 0 heterocycles. The molecule has 6 heteroatoms. The summed E-state index contributed by atoms with van der Waals surface area (Å²) >= 11 is 4.81. The zero-order valence-corrected chi connectivity index (χ0v) is 10.3. The van der Waals surface area contributed by atoms with Crippen LogP contribution in [-0.4, -0.2) is 24.1 Å². The maximum atomic E-state index is 13.0. The number of methoxy groups -OCH3 is 1. The molecule has 17 heavy (non-hydrogen) atoms. The number of thiocarbonyl (C=S) groups is 1. The van der Waals surface area contributed by atoms with Crippen LogP contribution in [0.1, 0.15) is 12.5 Å². The van der Waals surface area contributed by atoms with Crippen molar-refractivity contribution in [2.45, 2.75) is 13.0 Å². The number of anilines is 1. The molecular weight excluding hydrogens is 243 g/mol. The van der Waals surface area contributed by atoms with E-state index in [1.165, 1.54) is 25.3 Å². The quantitative estimate of drug-likeness (QED) is 0.630. The molecule has 0 spiro atoms. The van der Waals surface area contributed by atoms with E-state index in [4.69, 9.17) is 18.0 Å². The summed E-state index contributed by atoms with van der Waals surface area (Å²) < 4.78 is 17.6. The maximum Gasteiger partial charge on any atom is 0.327 e. The first-order valence-electron chi connectivity index (χ1n) is 4.89. The van der Waals surface area contributed by atoms with Gasteiger partial charge in [0.2, 0.25) is 0 Å². The molecule has 0 fully saturated rings. The predicted molar refractivity (Wildman–Crippen MR) is 67.4 cm³/mol. The third kappa shape index (κ3) is 3.39. The summed E-state index contributed by atoms with van der Waals surface area (Å²) in [6, 6.07) is 3.38. The average Bonchev–Trinajstić information content (AvgIpc) is 2.29. The van der Waals surface area contributed by atoms with E-state index >= 15 is 0 Å². The summed E-state index contributed by atoms with van der Waals surface area (Å²) in [6.07, 6.45) is 0. The highest BCUT2D eigenvalue weighted by atomic mass is 32.1. The molecule has 1 aromatic carbocycles. The summed E-state index contributed by atoms with van der Waals surface area (Å²) in [6.45, 7) is 1.62. The van der Waals surface area contributed by atoms with Crippen molar-refractivity contribution in [3.63, 3.8) is 0 Å². The SMILES string of the molecule is COC(=O)C(C)Nc1ccc(F)cc1C(N)=S. The van der Waals surface area contributed by atoms with Crippen LogP contribution in [0.25, 0.3) is 0 Å². The molecular formula is C11H13FN2O2S. The molecule has 0 amide bonds. The second-order valence-corrected chi connectivity index (χ2v) is 3.88. The zero-order chi connectivity index (χ0) is 13.0. The van der Waals surface area contributed by atoms with Gasteiger partial charge in [-0.05, 0) is 25.1 Å². The molecule has 0 aliphatic carbocycles. The first-order valence-corrected chi connectivity index (χ1v) is 5.30. The van der Waals surface area contributed by atoms with Gasteiger partial charge in [-0.1, -0.05) is 12.2 Å². The fraction of sp³-hybridized carbons (Fsp3) is 0.273. The van der Waals surface area contributed by atoms with Gasteiger partial charge in [-0.3, -0.25) is 0 Å². The van der Waals surface area contributed by atoms with Crippen LogP contribution in [0, 0.1) is 5.82 Å². The summed E-state index contributed by atoms with van der Waals surface area (Å²) in [4.78, 5) is 11.3. The van der Waals surface area contributed by atoms with Gasteiger partial charge in [0.25, 0.3) is 0 Å². The van der Waals surface area contributed by atoms with E-state index in [0.29, 0.717) is 11.3 Å². The molecule has 4 nitrogen and oxygen atoms in total. The van der Waals surface area contributed by atoms with Crippen LogP contribution in [-0.2, 0) is 9.53 Å². The third-order valence-corrected chi connectivity index (χ3v) is 2.39. The summed E-state index contributed by atoms with van der Waals surface area (Å²) in [5.41, 5.74) is 6.33. The van der Waals surface area contributed by atoms with Crippen molar-refractivity contribution in [3.8, 4) is 0 Å². The van der Waals surface area contributed by atoms with Crippen molar-refractivity contribution in [2.75, 3.05) is 12.4 Å². The predicted octanol–water partition coefficient (Wildman–Crippen LogP) is 1.43. The molecule has 0 aromatic heterocycles. The van der Waals surface area contributed by atoms with Crippen molar-refractivity contribution in [3.05, 3.63) is 29.6 Å². The fourth-order valence-electron chi connectivity index (χ4n) is 1.32. The van der Waals surface area contributed by atoms with Gasteiger partial charge in [-0.15, -0.1) is 0 Å². The van der Waals surface area contributed by atoms with Crippen LogP contribution in [0.15, 0.2) is 18.2 Å². The van der Waals surface area contributed by atoms with Gasteiger partial charge in [-0.2, -0.15) is 0 Å². The number of hydrogen-bond acceptors (Lipinski definition) is 4. The molecule has 0 aliphatic rings. The van der Waals surface area contributed by atoms with Gasteiger partial charge >= 0.3 is 5.97 Å². The molecule has 0 bridgehead atoms. The largest absolute Gasteiger partial charge is 0.467 e. The zero-order valence-electron chi connectivity index (χ0n) is 9.49. The van der Waals surface area contributed by atoms with Crippen LogP contribution in [0.3, 0.4) is 0 Å². The number of halogens is 1. The van der Waals surface area contributed by atoms with E-state index in [0.717, 1.165) is 0 Å². The van der Waals surface area contributed by atoms with E-state index in [1.807, 2.05) is 0 Å². The van der Waals surface area contributed by atoms with E-state index < -0.39 is 17.8 Å². The highest BCUT2D eigenvalue weighted by molar-refractivity contribution is 7.80. The number of hydrogen-bond donors (Lipinski definition) is 2. The minimum atomic E-state index is -0.571. The van der Waals surface area contributed by atoms with Crippen molar-refractivity contribution in [1.29, 1.82) is 0 Å². The number of carbonyl (C=O) groups excluding carboxylic acids is 1. The number of nitrogens with two attached hydrogens (primary N) is 1. The van der Waals surface area contributed by atoms with Gasteiger partial charge < -0.3 is 15.8 Å². The molecule has 1 atom stereocenters. The van der Waals surface area contributed by atoms with E-state index in [9.17, 15) is 9.18 Å². The van der Waals surface area contributed by atoms with Gasteiger partial charge in [0.15, 0.2) is 0 Å². The Hall–Kier alpha value is -1.69. The Balaban J connectivity index is 2.98. The highest BCUT2D eigenvalue weighted by Gasteiger charge is 2.15. The van der Waals surface area contributed by atoms with Crippen LogP contribution in [0.4, 0.5) is 10.1 Å². The van der Waals surface area contributed by atoms with Crippen molar-refractivity contribution >= 4 is 28.9 Å². The lowest BCUT2D eigenvalue weighted by Gasteiger charge is -2.15. The Labute approximate surface area is 104 Å². The summed E-state index contributed by atoms with van der Waals surface area (Å²) in [5.74, 6) is -0.868. The average molecular weight is 256 g/mol. The number of nitrogens with one attached hydrogen (secondary N) is 1. The number of esters is 1. The minimum absolute atomic E-state index is 0.0593. The van der Waals surface area contributed by atoms with E-state index in [-0.39, 0.29) is 4.99 Å². The summed E-state index contributed by atoms with van der Waals surface area (Å²) in [5, 5.41) is 2.86. The van der Waals surface area contributed by atoms with Crippen molar-refractivity contribution in [2.24, 2.45) is 5.73 Å². The standard InChI is InChI=1S/C11H13FN2O2S/c1-6(11(15)16-2)14-9-4-3-7(12)5-8(9)10(13)17/h3-6,14H,1-2H3,(H2,13,17). The van der Waals surface area contributed by atoms with Crippen LogP contribution in [0.5, 0.6) is 0 Å². The molecule has 92 valence electrons. The maximum absolute atomic E-state index is 13.0. The Morgan fingerprint density at radius 3 is 2.76 bits per heavy atom. The van der Waals surface area contributed by atoms with Gasteiger partial charge in [0.05, 0.1) is 7.11 Å². The second-order valence-electron chi connectivity index (χ2n) is 3.44. The Morgan fingerprint density at radius 2 is 2.24 bits per heavy atom. The minimum Gasteiger partial charge on any atom is -0.467 e. The van der Waals surface area contributed by atoms with Crippen LogP contribution >= 0.6 is 12.2 Å². The number of carbonyl (C=O) groups is 1. The lowest BCUT2D eigenvalue weighted by atomic mass is 10.1. The lowest BCUT2D eigenvalue weighted by molar-refractivity contribution is -0.141. The van der Waals surface area contributed by atoms with Crippen molar-refractivity contribution < 1.29 is 13.9 Å². The van der Waals surface area contributed by atoms with Gasteiger partial charge in [-0.25, -0.2) is 9.18 Å². The third-order valence-electron chi connectivity index (χ3n) is 2.17. The molecule has 1 rings (SSSR count). The first-order chi connectivity index (χ1) is 7.95. The highest BCUT2D eigenvalue weighted by Crippen LogP contribution is 2.18. The normalized spacial score (nSPS) is 11.7. The lowest BCUT2D eigenvalue weighted by Crippen LogP contribution is -2.28. The number of benzene rings is 1. The summed E-state index contributed by atoms with van der Waals surface area (Å²) in [7, 11) is 1.29. The fourth-order valence-corrected chi connectivity index (χ4v) is 1.48. The molecule has 0 saturated heterocycles.